The monoisotopic (exact) mass is 269 g/mol. The van der Waals surface area contributed by atoms with Crippen molar-refractivity contribution in [1.82, 2.24) is 4.90 Å². The minimum Gasteiger partial charge on any atom is -0.478 e. The van der Waals surface area contributed by atoms with Crippen molar-refractivity contribution in [3.05, 3.63) is 11.6 Å². The Morgan fingerprint density at radius 3 is 2.06 bits per heavy atom. The van der Waals surface area contributed by atoms with E-state index in [9.17, 15) is 13.2 Å². The quantitative estimate of drug-likeness (QED) is 0.550. The number of carboxylic acid groups (broad SMARTS) is 1. The Labute approximate surface area is 102 Å². The molecule has 0 atom stereocenters. The predicted octanol–water partition coefficient (Wildman–Crippen LogP) is 0.405. The third-order valence-corrected chi connectivity index (χ3v) is 2.00. The number of carbonyl (C=O) groups is 1. The summed E-state index contributed by atoms with van der Waals surface area (Å²) in [5.41, 5.74) is 0.423. The van der Waals surface area contributed by atoms with Crippen molar-refractivity contribution in [3.8, 4) is 0 Å². The van der Waals surface area contributed by atoms with E-state index in [0.29, 0.717) is 5.57 Å². The van der Waals surface area contributed by atoms with Crippen molar-refractivity contribution in [2.45, 2.75) is 13.3 Å². The lowest BCUT2D eigenvalue weighted by molar-refractivity contribution is -0.132. The number of aliphatic carboxylic acids is 1. The largest absolute Gasteiger partial charge is 0.478 e. The van der Waals surface area contributed by atoms with E-state index in [1.165, 1.54) is 0 Å². The maximum Gasteiger partial charge on any atom is 0.397 e. The van der Waals surface area contributed by atoms with Gasteiger partial charge in [0.1, 0.15) is 0 Å². The van der Waals surface area contributed by atoms with Crippen LogP contribution in [-0.2, 0) is 19.4 Å². The van der Waals surface area contributed by atoms with Crippen LogP contribution in [0.2, 0.25) is 0 Å². The normalized spacial score (nSPS) is 12.0. The van der Waals surface area contributed by atoms with Gasteiger partial charge in [0.15, 0.2) is 0 Å². The van der Waals surface area contributed by atoms with E-state index in [0.717, 1.165) is 20.1 Å². The molecular weight excluding hydrogens is 250 g/mol. The molecule has 2 N–H and O–H groups in total. The molecule has 0 aliphatic heterocycles. The SMILES string of the molecule is CC(=CCCN(C)C)C(=O)O.COS(=O)(=O)O. The van der Waals surface area contributed by atoms with Crippen molar-refractivity contribution in [2.75, 3.05) is 27.7 Å². The fourth-order valence-electron chi connectivity index (χ4n) is 0.627. The molecule has 0 aromatic rings. The van der Waals surface area contributed by atoms with Gasteiger partial charge in [0, 0.05) is 12.1 Å². The summed E-state index contributed by atoms with van der Waals surface area (Å²) < 4.78 is 29.7. The second kappa shape index (κ2) is 9.11. The Morgan fingerprint density at radius 1 is 1.41 bits per heavy atom. The van der Waals surface area contributed by atoms with Crippen LogP contribution >= 0.6 is 0 Å². The van der Waals surface area contributed by atoms with Gasteiger partial charge in [0.2, 0.25) is 0 Å². The first-order valence-corrected chi connectivity index (χ1v) is 6.04. The van der Waals surface area contributed by atoms with Gasteiger partial charge in [-0.25, -0.2) is 4.79 Å². The molecule has 0 saturated carbocycles. The molecule has 0 fully saturated rings. The van der Waals surface area contributed by atoms with Crippen molar-refractivity contribution in [3.63, 3.8) is 0 Å². The first-order chi connectivity index (χ1) is 7.60. The first-order valence-electron chi connectivity index (χ1n) is 4.68. The molecule has 0 unspecified atom stereocenters. The fourth-order valence-corrected chi connectivity index (χ4v) is 0.627. The third kappa shape index (κ3) is 17.6. The van der Waals surface area contributed by atoms with Gasteiger partial charge in [0.25, 0.3) is 0 Å². The smallest absolute Gasteiger partial charge is 0.397 e. The van der Waals surface area contributed by atoms with Gasteiger partial charge in [-0.1, -0.05) is 6.08 Å². The Balaban J connectivity index is 0. The van der Waals surface area contributed by atoms with Gasteiger partial charge in [-0.15, -0.1) is 0 Å². The number of hydrogen-bond donors (Lipinski definition) is 2. The highest BCUT2D eigenvalue weighted by Gasteiger charge is 1.97. The van der Waals surface area contributed by atoms with Gasteiger partial charge < -0.3 is 10.0 Å². The summed E-state index contributed by atoms with van der Waals surface area (Å²) >= 11 is 0. The maximum atomic E-state index is 10.3. The molecule has 17 heavy (non-hydrogen) atoms. The first kappa shape index (κ1) is 18.4. The molecule has 0 rings (SSSR count). The Bertz CT molecular complexity index is 346. The molecule has 7 nitrogen and oxygen atoms in total. The second-order valence-corrected chi connectivity index (χ2v) is 4.57. The van der Waals surface area contributed by atoms with Gasteiger partial charge in [-0.3, -0.25) is 8.74 Å². The summed E-state index contributed by atoms with van der Waals surface area (Å²) in [6, 6.07) is 0. The van der Waals surface area contributed by atoms with E-state index < -0.39 is 16.4 Å². The molecule has 0 aromatic heterocycles. The second-order valence-electron chi connectivity index (χ2n) is 3.38. The van der Waals surface area contributed by atoms with Crippen LogP contribution in [0.15, 0.2) is 11.6 Å². The number of carboxylic acids is 1. The Kier molecular flexibility index (Phi) is 9.86. The molecule has 0 bridgehead atoms. The molecule has 0 aliphatic carbocycles. The van der Waals surface area contributed by atoms with Crippen molar-refractivity contribution >= 4 is 16.4 Å². The summed E-state index contributed by atoms with van der Waals surface area (Å²) in [4.78, 5) is 12.3. The van der Waals surface area contributed by atoms with E-state index >= 15 is 0 Å². The topological polar surface area (TPSA) is 104 Å². The number of nitrogens with zero attached hydrogens (tertiary/aromatic N) is 1. The zero-order chi connectivity index (χ0) is 14.1. The van der Waals surface area contributed by atoms with Crippen LogP contribution in [0.1, 0.15) is 13.3 Å². The lowest BCUT2D eigenvalue weighted by Crippen LogP contribution is -2.12. The Hall–Kier alpha value is -0.960. The number of hydrogen-bond acceptors (Lipinski definition) is 5. The van der Waals surface area contributed by atoms with Crippen LogP contribution in [0.25, 0.3) is 0 Å². The third-order valence-electron chi connectivity index (χ3n) is 1.57. The molecule has 0 saturated heterocycles. The van der Waals surface area contributed by atoms with Gasteiger partial charge >= 0.3 is 16.4 Å². The highest BCUT2D eigenvalue weighted by atomic mass is 32.3. The van der Waals surface area contributed by atoms with Crippen LogP contribution in [0, 0.1) is 0 Å². The summed E-state index contributed by atoms with van der Waals surface area (Å²) in [5.74, 6) is -0.830. The van der Waals surface area contributed by atoms with Gasteiger partial charge in [-0.2, -0.15) is 8.42 Å². The average molecular weight is 269 g/mol. The number of rotatable bonds is 5. The maximum absolute atomic E-state index is 10.3. The summed E-state index contributed by atoms with van der Waals surface area (Å²) in [6.07, 6.45) is 2.54. The van der Waals surface area contributed by atoms with E-state index in [2.05, 4.69) is 4.18 Å². The zero-order valence-corrected chi connectivity index (χ0v) is 11.2. The molecule has 0 radical (unpaired) electrons. The molecule has 0 spiro atoms. The minimum absolute atomic E-state index is 0.423. The van der Waals surface area contributed by atoms with Crippen LogP contribution < -0.4 is 0 Å². The highest BCUT2D eigenvalue weighted by Crippen LogP contribution is 1.95. The van der Waals surface area contributed by atoms with E-state index in [1.807, 2.05) is 19.0 Å². The Morgan fingerprint density at radius 2 is 1.82 bits per heavy atom. The van der Waals surface area contributed by atoms with E-state index in [4.69, 9.17) is 9.66 Å². The van der Waals surface area contributed by atoms with E-state index in [-0.39, 0.29) is 0 Å². The zero-order valence-electron chi connectivity index (χ0n) is 10.4. The average Bonchev–Trinajstić information content (AvgIpc) is 2.16. The van der Waals surface area contributed by atoms with E-state index in [1.54, 1.807) is 13.0 Å². The minimum atomic E-state index is -4.16. The molecule has 0 aromatic carbocycles. The van der Waals surface area contributed by atoms with Crippen molar-refractivity contribution in [2.24, 2.45) is 0 Å². The van der Waals surface area contributed by atoms with Crippen molar-refractivity contribution in [1.29, 1.82) is 0 Å². The van der Waals surface area contributed by atoms with Gasteiger partial charge in [-0.05, 0) is 27.4 Å². The lowest BCUT2D eigenvalue weighted by atomic mass is 10.2. The highest BCUT2D eigenvalue weighted by molar-refractivity contribution is 7.80. The summed E-state index contributed by atoms with van der Waals surface area (Å²) in [6.45, 7) is 2.50. The molecule has 102 valence electrons. The molecular formula is C9H19NO6S. The van der Waals surface area contributed by atoms with Crippen LogP contribution in [0.4, 0.5) is 0 Å². The molecule has 0 amide bonds. The molecule has 0 aliphatic rings. The van der Waals surface area contributed by atoms with Crippen LogP contribution in [0.3, 0.4) is 0 Å². The molecule has 8 heteroatoms. The predicted molar refractivity (Wildman–Crippen MR) is 63.1 cm³/mol. The lowest BCUT2D eigenvalue weighted by Gasteiger charge is -2.05. The van der Waals surface area contributed by atoms with Crippen LogP contribution in [-0.4, -0.2) is 56.7 Å². The van der Waals surface area contributed by atoms with Gasteiger partial charge in [0.05, 0.1) is 7.11 Å². The standard InChI is InChI=1S/C8H15NO2.CH4O4S/c1-7(8(10)11)5-4-6-9(2)3;1-5-6(2,3)4/h5H,4,6H2,1-3H3,(H,10,11);1H3,(H,2,3,4). The van der Waals surface area contributed by atoms with Crippen LogP contribution in [0.5, 0.6) is 0 Å². The fraction of sp³-hybridized carbons (Fsp3) is 0.667. The summed E-state index contributed by atoms with van der Waals surface area (Å²) in [7, 11) is 0.633. The molecule has 0 heterocycles. The summed E-state index contributed by atoms with van der Waals surface area (Å²) in [5, 5.41) is 8.47. The van der Waals surface area contributed by atoms with Crippen molar-refractivity contribution < 1.29 is 27.1 Å².